The van der Waals surface area contributed by atoms with Crippen LogP contribution in [0.15, 0.2) is 71.8 Å². The van der Waals surface area contributed by atoms with Crippen LogP contribution in [0.4, 0.5) is 0 Å². The Balaban J connectivity index is 2.12. The molecular weight excluding hydrogens is 630 g/mol. The van der Waals surface area contributed by atoms with Gasteiger partial charge in [0.15, 0.2) is 0 Å². The second-order valence-electron chi connectivity index (χ2n) is 14.0. The molecule has 0 fully saturated rings. The molecular formula is C42H59NO7. The Morgan fingerprint density at radius 1 is 1.02 bits per heavy atom. The molecule has 0 radical (unpaired) electrons. The number of phenolic OH excluding ortho intramolecular Hbond substituents is 1. The van der Waals surface area contributed by atoms with Crippen molar-refractivity contribution in [2.24, 2.45) is 0 Å². The van der Waals surface area contributed by atoms with Crippen molar-refractivity contribution < 1.29 is 35.4 Å². The summed E-state index contributed by atoms with van der Waals surface area (Å²) in [5.41, 5.74) is 3.50. The SMILES string of the molecule is CCCCCC(O)C=CC1=C(CC(O)CO)C(CCCCCCC(=O)O)NC(C(C)(O)Cc2ccc(O)cc2)CC#Cc2ccccc2CC1. The van der Waals surface area contributed by atoms with Crippen LogP contribution in [-0.2, 0) is 17.6 Å². The summed E-state index contributed by atoms with van der Waals surface area (Å²) >= 11 is 0. The highest BCUT2D eigenvalue weighted by molar-refractivity contribution is 5.66. The minimum Gasteiger partial charge on any atom is -0.508 e. The molecule has 50 heavy (non-hydrogen) atoms. The van der Waals surface area contributed by atoms with Gasteiger partial charge in [0.1, 0.15) is 5.75 Å². The lowest BCUT2D eigenvalue weighted by Gasteiger charge is -2.38. The number of hydrogen-bond acceptors (Lipinski definition) is 7. The van der Waals surface area contributed by atoms with Crippen molar-refractivity contribution in [1.82, 2.24) is 5.32 Å². The number of benzene rings is 2. The minimum absolute atomic E-state index is 0.132. The predicted octanol–water partition coefficient (Wildman–Crippen LogP) is 6.36. The number of phenols is 1. The Hall–Kier alpha value is -3.45. The third-order valence-corrected chi connectivity index (χ3v) is 9.62. The molecule has 5 unspecified atom stereocenters. The van der Waals surface area contributed by atoms with Crippen LogP contribution in [0.1, 0.15) is 114 Å². The number of unbranched alkanes of at least 4 members (excludes halogenated alkanes) is 5. The van der Waals surface area contributed by atoms with Gasteiger partial charge in [-0.3, -0.25) is 4.79 Å². The molecule has 8 heteroatoms. The molecule has 0 bridgehead atoms. The first kappa shape index (κ1) is 41.0. The highest BCUT2D eigenvalue weighted by atomic mass is 16.4. The van der Waals surface area contributed by atoms with E-state index in [1.54, 1.807) is 31.2 Å². The highest BCUT2D eigenvalue weighted by Crippen LogP contribution is 2.30. The molecule has 3 rings (SSSR count). The third-order valence-electron chi connectivity index (χ3n) is 9.62. The standard InChI is InChI=1S/C42H59NO7/c1-3-4-7-16-35(45)27-24-34-23-22-33-14-11-10-13-32(33)15-12-18-40(42(2,50)29-31-20-25-36(46)26-21-31)43-39(38(34)28-37(47)30-44)17-8-5-6-9-19-41(48)49/h10-11,13-14,20-21,24-27,35,37,39-40,43-47,50H,3-9,16-19,22-23,28-30H2,1-2H3,(H,48,49). The van der Waals surface area contributed by atoms with Crippen LogP contribution < -0.4 is 5.32 Å². The summed E-state index contributed by atoms with van der Waals surface area (Å²) < 4.78 is 0. The summed E-state index contributed by atoms with van der Waals surface area (Å²) in [5, 5.41) is 66.7. The number of aliphatic carboxylic acids is 1. The van der Waals surface area contributed by atoms with Gasteiger partial charge in [-0.05, 0) is 85.9 Å². The summed E-state index contributed by atoms with van der Waals surface area (Å²) in [5.74, 6) is 6.06. The van der Waals surface area contributed by atoms with Crippen LogP contribution in [0.2, 0.25) is 0 Å². The van der Waals surface area contributed by atoms with E-state index in [0.29, 0.717) is 44.9 Å². The first-order valence-corrected chi connectivity index (χ1v) is 18.4. The molecule has 1 aliphatic rings. The minimum atomic E-state index is -1.26. The fourth-order valence-electron chi connectivity index (χ4n) is 6.66. The number of carbonyl (C=O) groups is 1. The predicted molar refractivity (Wildman–Crippen MR) is 199 cm³/mol. The Bertz CT molecular complexity index is 1440. The van der Waals surface area contributed by atoms with Gasteiger partial charge in [-0.15, -0.1) is 0 Å². The number of carboxylic acid groups (broad SMARTS) is 1. The van der Waals surface area contributed by atoms with Gasteiger partial charge in [-0.2, -0.15) is 0 Å². The van der Waals surface area contributed by atoms with Crippen LogP contribution >= 0.6 is 0 Å². The lowest BCUT2D eigenvalue weighted by atomic mass is 9.83. The van der Waals surface area contributed by atoms with Crippen molar-refractivity contribution in [3.63, 3.8) is 0 Å². The molecule has 0 spiro atoms. The fourth-order valence-corrected chi connectivity index (χ4v) is 6.66. The number of aliphatic hydroxyl groups is 4. The molecule has 0 amide bonds. The molecule has 0 saturated heterocycles. The Morgan fingerprint density at radius 3 is 2.48 bits per heavy atom. The van der Waals surface area contributed by atoms with Crippen molar-refractivity contribution >= 4 is 5.97 Å². The molecule has 2 aromatic rings. The Labute approximate surface area is 299 Å². The molecule has 5 atom stereocenters. The zero-order valence-electron chi connectivity index (χ0n) is 30.0. The maximum Gasteiger partial charge on any atom is 0.303 e. The van der Waals surface area contributed by atoms with Gasteiger partial charge in [-0.1, -0.05) is 99.8 Å². The molecule has 1 heterocycles. The molecule has 7 N–H and O–H groups in total. The second kappa shape index (κ2) is 21.7. The second-order valence-corrected chi connectivity index (χ2v) is 14.0. The zero-order chi connectivity index (χ0) is 36.4. The van der Waals surface area contributed by atoms with Crippen LogP contribution in [0.3, 0.4) is 0 Å². The Kier molecular flexibility index (Phi) is 17.8. The van der Waals surface area contributed by atoms with Crippen molar-refractivity contribution in [2.75, 3.05) is 6.61 Å². The molecule has 8 nitrogen and oxygen atoms in total. The van der Waals surface area contributed by atoms with Gasteiger partial charge in [0.05, 0.1) is 24.4 Å². The average Bonchev–Trinajstić information content (AvgIpc) is 3.08. The third kappa shape index (κ3) is 14.4. The number of allylic oxidation sites excluding steroid dienone is 2. The van der Waals surface area contributed by atoms with Gasteiger partial charge in [0.25, 0.3) is 0 Å². The number of rotatable bonds is 19. The molecule has 1 aliphatic heterocycles. The summed E-state index contributed by atoms with van der Waals surface area (Å²) in [6, 6.07) is 14.1. The van der Waals surface area contributed by atoms with Crippen molar-refractivity contribution in [1.29, 1.82) is 0 Å². The van der Waals surface area contributed by atoms with Crippen LogP contribution in [0.5, 0.6) is 5.75 Å². The fraction of sp³-hybridized carbons (Fsp3) is 0.548. The zero-order valence-corrected chi connectivity index (χ0v) is 30.0. The number of nitrogens with one attached hydrogen (secondary N) is 1. The molecule has 274 valence electrons. The number of aryl methyl sites for hydroxylation is 1. The van der Waals surface area contributed by atoms with E-state index in [0.717, 1.165) is 66.4 Å². The summed E-state index contributed by atoms with van der Waals surface area (Å²) in [4.78, 5) is 11.1. The van der Waals surface area contributed by atoms with E-state index in [1.165, 1.54) is 0 Å². The normalized spacial score (nSPS) is 19.4. The maximum absolute atomic E-state index is 12.1. The van der Waals surface area contributed by atoms with Crippen molar-refractivity contribution in [3.05, 3.63) is 88.5 Å². The number of aliphatic hydroxyl groups excluding tert-OH is 3. The van der Waals surface area contributed by atoms with Gasteiger partial charge in [0.2, 0.25) is 0 Å². The first-order valence-electron chi connectivity index (χ1n) is 18.4. The summed E-state index contributed by atoms with van der Waals surface area (Å²) in [6.07, 6.45) is 11.8. The smallest absolute Gasteiger partial charge is 0.303 e. The van der Waals surface area contributed by atoms with E-state index in [4.69, 9.17) is 5.11 Å². The van der Waals surface area contributed by atoms with Crippen LogP contribution in [-0.4, -0.2) is 73.1 Å². The van der Waals surface area contributed by atoms with Gasteiger partial charge in [-0.25, -0.2) is 0 Å². The lowest BCUT2D eigenvalue weighted by Crippen LogP contribution is -2.54. The Morgan fingerprint density at radius 2 is 1.76 bits per heavy atom. The van der Waals surface area contributed by atoms with E-state index in [1.807, 2.05) is 30.4 Å². The summed E-state index contributed by atoms with van der Waals surface area (Å²) in [6.45, 7) is 3.52. The maximum atomic E-state index is 12.1. The van der Waals surface area contributed by atoms with E-state index >= 15 is 0 Å². The molecule has 0 aromatic heterocycles. The number of hydrogen-bond donors (Lipinski definition) is 7. The van der Waals surface area contributed by atoms with E-state index < -0.39 is 36.4 Å². The lowest BCUT2D eigenvalue weighted by molar-refractivity contribution is -0.137. The first-order chi connectivity index (χ1) is 24.0. The number of fused-ring (bicyclic) bond motifs is 1. The number of aromatic hydroxyl groups is 1. The van der Waals surface area contributed by atoms with Gasteiger partial charge < -0.3 is 36.0 Å². The van der Waals surface area contributed by atoms with E-state index in [-0.39, 0.29) is 24.6 Å². The van der Waals surface area contributed by atoms with Gasteiger partial charge in [0, 0.05) is 36.9 Å². The average molecular weight is 690 g/mol. The van der Waals surface area contributed by atoms with Crippen molar-refractivity contribution in [3.8, 4) is 17.6 Å². The topological polar surface area (TPSA) is 150 Å². The summed E-state index contributed by atoms with van der Waals surface area (Å²) in [7, 11) is 0. The van der Waals surface area contributed by atoms with Crippen LogP contribution in [0, 0.1) is 11.8 Å². The molecule has 2 aromatic carbocycles. The molecule has 0 saturated carbocycles. The molecule has 0 aliphatic carbocycles. The quantitative estimate of drug-likeness (QED) is 0.0665. The number of carboxylic acids is 1. The van der Waals surface area contributed by atoms with Crippen LogP contribution in [0.25, 0.3) is 0 Å². The van der Waals surface area contributed by atoms with E-state index in [9.17, 15) is 30.3 Å². The monoisotopic (exact) mass is 689 g/mol. The van der Waals surface area contributed by atoms with E-state index in [2.05, 4.69) is 30.1 Å². The van der Waals surface area contributed by atoms with Crippen molar-refractivity contribution in [2.45, 2.75) is 140 Å². The largest absolute Gasteiger partial charge is 0.508 e. The van der Waals surface area contributed by atoms with Gasteiger partial charge >= 0.3 is 5.97 Å². The highest BCUT2D eigenvalue weighted by Gasteiger charge is 2.35.